The second kappa shape index (κ2) is 4.91. The maximum atomic E-state index is 10.0. The van der Waals surface area contributed by atoms with Gasteiger partial charge in [-0.2, -0.15) is 0 Å². The maximum Gasteiger partial charge on any atom is 0.183 e. The van der Waals surface area contributed by atoms with Crippen molar-refractivity contribution in [1.29, 1.82) is 0 Å². The van der Waals surface area contributed by atoms with E-state index < -0.39 is 0 Å². The van der Waals surface area contributed by atoms with Crippen molar-refractivity contribution in [3.05, 3.63) is 22.5 Å². The number of aromatic hydroxyl groups is 3. The molecule has 2 radical (unpaired) electrons. The Kier molecular flexibility index (Phi) is 3.36. The molecule has 100 valence electrons. The van der Waals surface area contributed by atoms with Crippen LogP contribution in [0.2, 0.25) is 0 Å². The van der Waals surface area contributed by atoms with E-state index in [-0.39, 0.29) is 15.2 Å². The summed E-state index contributed by atoms with van der Waals surface area (Å²) >= 11 is 3.54. The first-order chi connectivity index (χ1) is 9.51. The molecule has 0 aliphatic heterocycles. The van der Waals surface area contributed by atoms with Gasteiger partial charge in [-0.25, -0.2) is 0 Å². The number of hydrogen-bond acceptors (Lipinski definition) is 6. The van der Waals surface area contributed by atoms with Crippen LogP contribution in [0.3, 0.4) is 0 Å². The first-order valence-electron chi connectivity index (χ1n) is 5.62. The van der Waals surface area contributed by atoms with Crippen LogP contribution in [0.25, 0.3) is 26.9 Å². The Labute approximate surface area is 128 Å². The zero-order valence-electron chi connectivity index (χ0n) is 10.4. The summed E-state index contributed by atoms with van der Waals surface area (Å²) in [5.41, 5.74) is 0.732. The SMILES string of the molecule is [B]/C(=C/c1cc2sc(O)cc2c2c(O)sc(O)c12)SC. The molecule has 0 saturated carbocycles. The number of hydrogen-bond donors (Lipinski definition) is 3. The molecule has 0 spiro atoms. The maximum absolute atomic E-state index is 10.0. The molecule has 1 aromatic carbocycles. The number of thioether (sulfide) groups is 1. The molecule has 3 rings (SSSR count). The Bertz CT molecular complexity index is 848. The van der Waals surface area contributed by atoms with Crippen LogP contribution < -0.4 is 0 Å². The van der Waals surface area contributed by atoms with Gasteiger partial charge in [0, 0.05) is 26.9 Å². The van der Waals surface area contributed by atoms with Crippen molar-refractivity contribution in [2.75, 3.05) is 6.26 Å². The molecular formula is C13H9BO3S3. The average molecular weight is 320 g/mol. The molecule has 3 N–H and O–H groups in total. The van der Waals surface area contributed by atoms with Crippen LogP contribution in [0.4, 0.5) is 0 Å². The largest absolute Gasteiger partial charge is 0.499 e. The Morgan fingerprint density at radius 2 is 1.85 bits per heavy atom. The molecule has 0 saturated heterocycles. The molecule has 7 heteroatoms. The van der Waals surface area contributed by atoms with Crippen LogP contribution in [0.5, 0.6) is 15.2 Å². The number of rotatable bonds is 2. The summed E-state index contributed by atoms with van der Waals surface area (Å²) in [5.74, 6) is 0. The van der Waals surface area contributed by atoms with Gasteiger partial charge in [0.2, 0.25) is 0 Å². The summed E-state index contributed by atoms with van der Waals surface area (Å²) in [6.45, 7) is 0. The fourth-order valence-electron chi connectivity index (χ4n) is 2.16. The van der Waals surface area contributed by atoms with E-state index in [4.69, 9.17) is 7.85 Å². The van der Waals surface area contributed by atoms with Gasteiger partial charge in [-0.15, -0.1) is 11.8 Å². The number of thiophene rings is 2. The minimum Gasteiger partial charge on any atom is -0.499 e. The number of benzene rings is 1. The van der Waals surface area contributed by atoms with Crippen LogP contribution in [0.1, 0.15) is 5.56 Å². The van der Waals surface area contributed by atoms with E-state index in [0.717, 1.165) is 27.0 Å². The second-order valence-electron chi connectivity index (χ2n) is 4.18. The van der Waals surface area contributed by atoms with E-state index in [1.165, 1.54) is 23.1 Å². The van der Waals surface area contributed by atoms with Gasteiger partial charge < -0.3 is 15.3 Å². The van der Waals surface area contributed by atoms with Crippen LogP contribution in [-0.2, 0) is 0 Å². The standard InChI is InChI=1S/C13H9BO3S3/c1-18-8(14)3-5-2-7-6(4-9(15)19-7)11-10(5)12(16)20-13(11)17/h2-4,15-17H,1H3/b8-3-. The van der Waals surface area contributed by atoms with Gasteiger partial charge in [-0.05, 0) is 17.9 Å². The van der Waals surface area contributed by atoms with E-state index in [1.54, 1.807) is 12.1 Å². The third-order valence-corrected chi connectivity index (χ3v) is 5.27. The van der Waals surface area contributed by atoms with Gasteiger partial charge in [0.15, 0.2) is 15.2 Å². The molecule has 0 bridgehead atoms. The third kappa shape index (κ3) is 2.06. The van der Waals surface area contributed by atoms with E-state index in [2.05, 4.69) is 0 Å². The Morgan fingerprint density at radius 3 is 2.55 bits per heavy atom. The van der Waals surface area contributed by atoms with E-state index in [0.29, 0.717) is 15.6 Å². The Hall–Kier alpha value is -1.31. The second-order valence-corrected chi connectivity index (χ2v) is 7.09. The quantitative estimate of drug-likeness (QED) is 0.623. The lowest BCUT2D eigenvalue weighted by Crippen LogP contribution is -1.79. The highest BCUT2D eigenvalue weighted by Gasteiger charge is 2.18. The first kappa shape index (κ1) is 13.7. The molecule has 0 aliphatic rings. The zero-order valence-corrected chi connectivity index (χ0v) is 12.8. The minimum absolute atomic E-state index is 0.0401. The molecule has 0 amide bonds. The smallest absolute Gasteiger partial charge is 0.183 e. The van der Waals surface area contributed by atoms with Crippen molar-refractivity contribution in [3.8, 4) is 15.2 Å². The predicted molar refractivity (Wildman–Crippen MR) is 89.4 cm³/mol. The fourth-order valence-corrected chi connectivity index (χ4v) is 4.08. The molecule has 0 aliphatic carbocycles. The summed E-state index contributed by atoms with van der Waals surface area (Å²) in [7, 11) is 5.84. The van der Waals surface area contributed by atoms with Crippen LogP contribution >= 0.6 is 34.4 Å². The summed E-state index contributed by atoms with van der Waals surface area (Å²) in [6, 6.07) is 3.46. The summed E-state index contributed by atoms with van der Waals surface area (Å²) in [4.78, 5) is 0.608. The van der Waals surface area contributed by atoms with Gasteiger partial charge in [0.1, 0.15) is 7.85 Å². The van der Waals surface area contributed by atoms with E-state index in [9.17, 15) is 15.3 Å². The van der Waals surface area contributed by atoms with Gasteiger partial charge in [0.25, 0.3) is 0 Å². The summed E-state index contributed by atoms with van der Waals surface area (Å²) < 4.78 is 0.836. The van der Waals surface area contributed by atoms with Crippen LogP contribution in [0, 0.1) is 0 Å². The topological polar surface area (TPSA) is 60.7 Å². The molecule has 3 nitrogen and oxygen atoms in total. The van der Waals surface area contributed by atoms with Crippen molar-refractivity contribution in [2.24, 2.45) is 0 Å². The summed E-state index contributed by atoms with van der Waals surface area (Å²) in [5, 5.41) is 31.9. The number of fused-ring (bicyclic) bond motifs is 3. The molecule has 3 aromatic rings. The molecule has 0 fully saturated rings. The van der Waals surface area contributed by atoms with Crippen LogP contribution in [-0.4, -0.2) is 29.4 Å². The molecule has 0 unspecified atom stereocenters. The van der Waals surface area contributed by atoms with Crippen molar-refractivity contribution in [2.45, 2.75) is 0 Å². The first-order valence-corrected chi connectivity index (χ1v) is 8.48. The Balaban J connectivity index is 2.49. The molecule has 0 atom stereocenters. The molecule has 2 aromatic heterocycles. The minimum atomic E-state index is 0.0401. The lowest BCUT2D eigenvalue weighted by atomic mass is 10.0. The third-order valence-electron chi connectivity index (χ3n) is 3.00. The van der Waals surface area contributed by atoms with E-state index in [1.807, 2.05) is 12.3 Å². The van der Waals surface area contributed by atoms with Gasteiger partial charge in [-0.3, -0.25) is 0 Å². The monoisotopic (exact) mass is 320 g/mol. The highest BCUT2D eigenvalue weighted by molar-refractivity contribution is 8.03. The summed E-state index contributed by atoms with van der Waals surface area (Å²) in [6.07, 6.45) is 3.62. The normalized spacial score (nSPS) is 12.6. The highest BCUT2D eigenvalue weighted by Crippen LogP contribution is 2.49. The lowest BCUT2D eigenvalue weighted by molar-refractivity contribution is 0.491. The Morgan fingerprint density at radius 1 is 1.15 bits per heavy atom. The van der Waals surface area contributed by atoms with Crippen molar-refractivity contribution in [3.63, 3.8) is 0 Å². The van der Waals surface area contributed by atoms with Gasteiger partial charge >= 0.3 is 0 Å². The van der Waals surface area contributed by atoms with Crippen molar-refractivity contribution in [1.82, 2.24) is 0 Å². The van der Waals surface area contributed by atoms with E-state index >= 15 is 0 Å². The van der Waals surface area contributed by atoms with Crippen molar-refractivity contribution >= 4 is 69.2 Å². The molecular weight excluding hydrogens is 311 g/mol. The lowest BCUT2D eigenvalue weighted by Gasteiger charge is -2.03. The van der Waals surface area contributed by atoms with Gasteiger partial charge in [0.05, 0.1) is 0 Å². The molecule has 20 heavy (non-hydrogen) atoms. The highest BCUT2D eigenvalue weighted by atomic mass is 32.2. The van der Waals surface area contributed by atoms with Crippen molar-refractivity contribution < 1.29 is 15.3 Å². The van der Waals surface area contributed by atoms with Crippen LogP contribution in [0.15, 0.2) is 16.9 Å². The average Bonchev–Trinajstić information content (AvgIpc) is 2.89. The zero-order chi connectivity index (χ0) is 14.4. The predicted octanol–water partition coefficient (Wildman–Crippen LogP) is 4.06. The fraction of sp³-hybridized carbons (Fsp3) is 0.0769. The van der Waals surface area contributed by atoms with Gasteiger partial charge in [-0.1, -0.05) is 33.6 Å². The molecule has 2 heterocycles.